The average molecular weight is 191 g/mol. The predicted octanol–water partition coefficient (Wildman–Crippen LogP) is 0.497. The van der Waals surface area contributed by atoms with E-state index in [1.165, 1.54) is 0 Å². The lowest BCUT2D eigenvalue weighted by Gasteiger charge is -2.09. The van der Waals surface area contributed by atoms with Crippen LogP contribution in [0.1, 0.15) is 19.0 Å². The molecule has 0 saturated heterocycles. The number of anilines is 1. The van der Waals surface area contributed by atoms with Crippen molar-refractivity contribution < 1.29 is 0 Å². The topological polar surface area (TPSA) is 87.6 Å². The molecule has 1 rings (SSSR count). The van der Waals surface area contributed by atoms with Crippen LogP contribution in [0.5, 0.6) is 0 Å². The van der Waals surface area contributed by atoms with Crippen LogP contribution in [0.3, 0.4) is 0 Å². The Morgan fingerprint density at radius 1 is 1.57 bits per heavy atom. The Morgan fingerprint density at radius 3 is 2.86 bits per heavy atom. The van der Waals surface area contributed by atoms with E-state index in [1.807, 2.05) is 13.0 Å². The van der Waals surface area contributed by atoms with E-state index in [9.17, 15) is 0 Å². The summed E-state index contributed by atoms with van der Waals surface area (Å²) in [5.74, 6) is 0.646. The summed E-state index contributed by atoms with van der Waals surface area (Å²) in [7, 11) is 0. The van der Waals surface area contributed by atoms with E-state index in [0.29, 0.717) is 18.1 Å². The number of nitrogens with two attached hydrogens (primary N) is 1. The van der Waals surface area contributed by atoms with Gasteiger partial charge in [0, 0.05) is 12.6 Å². The molecule has 0 aliphatic heterocycles. The van der Waals surface area contributed by atoms with E-state index >= 15 is 0 Å². The van der Waals surface area contributed by atoms with Crippen molar-refractivity contribution in [3.8, 4) is 6.07 Å². The van der Waals surface area contributed by atoms with Gasteiger partial charge in [0.1, 0.15) is 11.9 Å². The molecule has 0 radical (unpaired) electrons. The van der Waals surface area contributed by atoms with E-state index < -0.39 is 0 Å². The molecule has 0 amide bonds. The number of rotatable bonds is 4. The molecule has 0 aromatic carbocycles. The molecular formula is C9H13N5. The fourth-order valence-electron chi connectivity index (χ4n) is 0.866. The van der Waals surface area contributed by atoms with Gasteiger partial charge in [-0.25, -0.2) is 0 Å². The van der Waals surface area contributed by atoms with Crippen molar-refractivity contribution >= 4 is 5.82 Å². The summed E-state index contributed by atoms with van der Waals surface area (Å²) in [6, 6.07) is 5.36. The van der Waals surface area contributed by atoms with E-state index in [0.717, 1.165) is 6.42 Å². The summed E-state index contributed by atoms with van der Waals surface area (Å²) < 4.78 is 0. The Labute approximate surface area is 82.9 Å². The monoisotopic (exact) mass is 191 g/mol. The Kier molecular flexibility index (Phi) is 3.83. The second kappa shape index (κ2) is 5.14. The molecule has 0 aliphatic carbocycles. The molecular weight excluding hydrogens is 178 g/mol. The summed E-state index contributed by atoms with van der Waals surface area (Å²) in [4.78, 5) is 0. The van der Waals surface area contributed by atoms with Crippen molar-refractivity contribution in [1.82, 2.24) is 10.2 Å². The SMILES string of the molecule is CCC(N)CNc1ccc(C#N)nn1. The lowest BCUT2D eigenvalue weighted by atomic mass is 10.2. The van der Waals surface area contributed by atoms with Gasteiger partial charge in [-0.15, -0.1) is 10.2 Å². The Balaban J connectivity index is 2.49. The van der Waals surface area contributed by atoms with Crippen molar-refractivity contribution in [2.24, 2.45) is 5.73 Å². The number of hydrogen-bond donors (Lipinski definition) is 2. The van der Waals surface area contributed by atoms with Crippen LogP contribution in [0, 0.1) is 11.3 Å². The number of aromatic nitrogens is 2. The van der Waals surface area contributed by atoms with Gasteiger partial charge in [-0.05, 0) is 18.6 Å². The molecule has 74 valence electrons. The molecule has 0 bridgehead atoms. The number of hydrogen-bond acceptors (Lipinski definition) is 5. The highest BCUT2D eigenvalue weighted by Gasteiger charge is 2.00. The fourth-order valence-corrected chi connectivity index (χ4v) is 0.866. The molecule has 14 heavy (non-hydrogen) atoms. The average Bonchev–Trinajstić information content (AvgIpc) is 2.26. The van der Waals surface area contributed by atoms with Crippen molar-refractivity contribution in [3.05, 3.63) is 17.8 Å². The standard InChI is InChI=1S/C9H13N5/c1-2-7(11)6-12-9-4-3-8(5-10)13-14-9/h3-4,7H,2,6,11H2,1H3,(H,12,14). The third-order valence-electron chi connectivity index (χ3n) is 1.85. The fraction of sp³-hybridized carbons (Fsp3) is 0.444. The lowest BCUT2D eigenvalue weighted by molar-refractivity contribution is 0.677. The van der Waals surface area contributed by atoms with E-state index in [1.54, 1.807) is 12.1 Å². The zero-order valence-electron chi connectivity index (χ0n) is 8.07. The van der Waals surface area contributed by atoms with E-state index in [2.05, 4.69) is 15.5 Å². The molecule has 3 N–H and O–H groups in total. The summed E-state index contributed by atoms with van der Waals surface area (Å²) in [5.41, 5.74) is 6.03. The van der Waals surface area contributed by atoms with Gasteiger partial charge in [0.2, 0.25) is 0 Å². The van der Waals surface area contributed by atoms with Gasteiger partial charge in [0.15, 0.2) is 5.69 Å². The molecule has 0 saturated carbocycles. The van der Waals surface area contributed by atoms with Crippen molar-refractivity contribution in [1.29, 1.82) is 5.26 Å². The third kappa shape index (κ3) is 2.99. The van der Waals surface area contributed by atoms with E-state index in [-0.39, 0.29) is 6.04 Å². The van der Waals surface area contributed by atoms with Crippen LogP contribution in [0.4, 0.5) is 5.82 Å². The van der Waals surface area contributed by atoms with Crippen LogP contribution < -0.4 is 11.1 Å². The van der Waals surface area contributed by atoms with Crippen LogP contribution in [0.25, 0.3) is 0 Å². The molecule has 1 atom stereocenters. The van der Waals surface area contributed by atoms with Crippen LogP contribution in [-0.4, -0.2) is 22.8 Å². The number of nitrogens with zero attached hydrogens (tertiary/aromatic N) is 3. The number of nitrogens with one attached hydrogen (secondary N) is 1. The van der Waals surface area contributed by atoms with Gasteiger partial charge in [0.25, 0.3) is 0 Å². The van der Waals surface area contributed by atoms with Crippen molar-refractivity contribution in [2.75, 3.05) is 11.9 Å². The first-order valence-corrected chi connectivity index (χ1v) is 4.49. The molecule has 0 fully saturated rings. The maximum Gasteiger partial charge on any atom is 0.163 e. The van der Waals surface area contributed by atoms with Gasteiger partial charge in [-0.1, -0.05) is 6.92 Å². The summed E-state index contributed by atoms with van der Waals surface area (Å²) in [6.07, 6.45) is 0.913. The van der Waals surface area contributed by atoms with Gasteiger partial charge in [-0.2, -0.15) is 5.26 Å². The zero-order chi connectivity index (χ0) is 10.4. The maximum atomic E-state index is 8.49. The van der Waals surface area contributed by atoms with Crippen LogP contribution in [0.15, 0.2) is 12.1 Å². The Morgan fingerprint density at radius 2 is 2.36 bits per heavy atom. The van der Waals surface area contributed by atoms with Gasteiger partial charge >= 0.3 is 0 Å². The van der Waals surface area contributed by atoms with Crippen molar-refractivity contribution in [2.45, 2.75) is 19.4 Å². The Bertz CT molecular complexity index is 313. The van der Waals surface area contributed by atoms with Crippen LogP contribution >= 0.6 is 0 Å². The van der Waals surface area contributed by atoms with Gasteiger partial charge in [-0.3, -0.25) is 0 Å². The minimum absolute atomic E-state index is 0.118. The summed E-state index contributed by atoms with van der Waals surface area (Å²) >= 11 is 0. The third-order valence-corrected chi connectivity index (χ3v) is 1.85. The molecule has 1 aromatic heterocycles. The highest BCUT2D eigenvalue weighted by atomic mass is 15.2. The highest BCUT2D eigenvalue weighted by molar-refractivity contribution is 5.35. The zero-order valence-corrected chi connectivity index (χ0v) is 8.07. The van der Waals surface area contributed by atoms with Crippen molar-refractivity contribution in [3.63, 3.8) is 0 Å². The number of nitriles is 1. The molecule has 5 heteroatoms. The van der Waals surface area contributed by atoms with E-state index in [4.69, 9.17) is 11.0 Å². The van der Waals surface area contributed by atoms with Crippen LogP contribution in [-0.2, 0) is 0 Å². The first-order chi connectivity index (χ1) is 6.76. The summed E-state index contributed by atoms with van der Waals surface area (Å²) in [6.45, 7) is 2.69. The molecule has 0 aliphatic rings. The summed E-state index contributed by atoms with van der Waals surface area (Å²) in [5, 5.41) is 19.0. The highest BCUT2D eigenvalue weighted by Crippen LogP contribution is 2.01. The van der Waals surface area contributed by atoms with Gasteiger partial charge in [0.05, 0.1) is 0 Å². The van der Waals surface area contributed by atoms with Gasteiger partial charge < -0.3 is 11.1 Å². The molecule has 0 spiro atoms. The largest absolute Gasteiger partial charge is 0.367 e. The second-order valence-electron chi connectivity index (χ2n) is 2.96. The first kappa shape index (κ1) is 10.4. The minimum Gasteiger partial charge on any atom is -0.367 e. The first-order valence-electron chi connectivity index (χ1n) is 4.49. The molecule has 5 nitrogen and oxygen atoms in total. The normalized spacial score (nSPS) is 11.8. The minimum atomic E-state index is 0.118. The molecule has 1 unspecified atom stereocenters. The maximum absolute atomic E-state index is 8.49. The Hall–Kier alpha value is -1.67. The second-order valence-corrected chi connectivity index (χ2v) is 2.96. The molecule has 1 aromatic rings. The lowest BCUT2D eigenvalue weighted by Crippen LogP contribution is -2.28. The predicted molar refractivity (Wildman–Crippen MR) is 53.5 cm³/mol. The molecule has 1 heterocycles. The smallest absolute Gasteiger partial charge is 0.163 e. The quantitative estimate of drug-likeness (QED) is 0.723. The van der Waals surface area contributed by atoms with Crippen LogP contribution in [0.2, 0.25) is 0 Å².